The Morgan fingerprint density at radius 1 is 1.33 bits per heavy atom. The summed E-state index contributed by atoms with van der Waals surface area (Å²) in [6.07, 6.45) is 1.78. The standard InChI is InChI=1S/C16H19ClN2O2/c1-11(2)14-13(16(20)21)15(17)19(18-14)10-6-9-12-7-4-3-5-8-12/h3-5,7-8,11H,6,9-10H2,1-2H3,(H,20,21). The van der Waals surface area contributed by atoms with Crippen molar-refractivity contribution in [3.63, 3.8) is 0 Å². The topological polar surface area (TPSA) is 55.1 Å². The van der Waals surface area contributed by atoms with E-state index in [0.29, 0.717) is 12.2 Å². The van der Waals surface area contributed by atoms with E-state index in [9.17, 15) is 9.90 Å². The Morgan fingerprint density at radius 3 is 2.52 bits per heavy atom. The Morgan fingerprint density at radius 2 is 2.00 bits per heavy atom. The van der Waals surface area contributed by atoms with Gasteiger partial charge in [0.25, 0.3) is 0 Å². The maximum Gasteiger partial charge on any atom is 0.340 e. The van der Waals surface area contributed by atoms with Gasteiger partial charge in [-0.05, 0) is 24.3 Å². The van der Waals surface area contributed by atoms with Gasteiger partial charge in [-0.1, -0.05) is 55.8 Å². The molecule has 1 aromatic carbocycles. The Bertz CT molecular complexity index is 621. The van der Waals surface area contributed by atoms with Crippen molar-refractivity contribution in [1.82, 2.24) is 9.78 Å². The van der Waals surface area contributed by atoms with Crippen LogP contribution in [-0.2, 0) is 13.0 Å². The minimum absolute atomic E-state index is 0.0315. The van der Waals surface area contributed by atoms with Gasteiger partial charge in [0.2, 0.25) is 0 Å². The molecule has 0 aliphatic heterocycles. The van der Waals surface area contributed by atoms with Crippen LogP contribution in [0.2, 0.25) is 5.15 Å². The molecule has 0 unspecified atom stereocenters. The summed E-state index contributed by atoms with van der Waals surface area (Å²) in [5.74, 6) is -0.984. The molecule has 0 radical (unpaired) electrons. The van der Waals surface area contributed by atoms with Crippen LogP contribution in [0.4, 0.5) is 0 Å². The minimum Gasteiger partial charge on any atom is -0.478 e. The molecular weight excluding hydrogens is 288 g/mol. The van der Waals surface area contributed by atoms with Gasteiger partial charge >= 0.3 is 5.97 Å². The summed E-state index contributed by atoms with van der Waals surface area (Å²) in [5.41, 5.74) is 1.93. The largest absolute Gasteiger partial charge is 0.478 e. The maximum atomic E-state index is 11.3. The SMILES string of the molecule is CC(C)c1nn(CCCc2ccccc2)c(Cl)c1C(=O)O. The van der Waals surface area contributed by atoms with E-state index in [1.165, 1.54) is 5.56 Å². The van der Waals surface area contributed by atoms with Gasteiger partial charge in [-0.25, -0.2) is 4.79 Å². The number of carboxylic acids is 1. The average molecular weight is 307 g/mol. The Labute approximate surface area is 129 Å². The summed E-state index contributed by atoms with van der Waals surface area (Å²) < 4.78 is 1.60. The second-order valence-corrected chi connectivity index (χ2v) is 5.68. The molecule has 2 rings (SSSR count). The third-order valence-electron chi connectivity index (χ3n) is 3.36. The molecule has 0 saturated carbocycles. The lowest BCUT2D eigenvalue weighted by atomic mass is 10.1. The van der Waals surface area contributed by atoms with Crippen molar-refractivity contribution in [1.29, 1.82) is 0 Å². The van der Waals surface area contributed by atoms with E-state index in [2.05, 4.69) is 17.2 Å². The van der Waals surface area contributed by atoms with Crippen molar-refractivity contribution in [2.75, 3.05) is 0 Å². The molecule has 0 amide bonds. The monoisotopic (exact) mass is 306 g/mol. The van der Waals surface area contributed by atoms with Crippen LogP contribution >= 0.6 is 11.6 Å². The lowest BCUT2D eigenvalue weighted by Crippen LogP contribution is -2.03. The van der Waals surface area contributed by atoms with E-state index in [4.69, 9.17) is 11.6 Å². The predicted molar refractivity (Wildman–Crippen MR) is 83.0 cm³/mol. The molecule has 112 valence electrons. The van der Waals surface area contributed by atoms with E-state index in [0.717, 1.165) is 12.8 Å². The molecule has 4 nitrogen and oxygen atoms in total. The van der Waals surface area contributed by atoms with Crippen LogP contribution in [-0.4, -0.2) is 20.9 Å². The number of aromatic carboxylic acids is 1. The number of benzene rings is 1. The van der Waals surface area contributed by atoms with Crippen LogP contribution in [0.3, 0.4) is 0 Å². The van der Waals surface area contributed by atoms with E-state index < -0.39 is 5.97 Å². The number of aryl methyl sites for hydroxylation is 2. The molecule has 0 bridgehead atoms. The number of carboxylic acid groups (broad SMARTS) is 1. The fourth-order valence-electron chi connectivity index (χ4n) is 2.29. The van der Waals surface area contributed by atoms with Crippen LogP contribution in [0, 0.1) is 0 Å². The summed E-state index contributed by atoms with van der Waals surface area (Å²) in [6.45, 7) is 4.44. The van der Waals surface area contributed by atoms with Gasteiger partial charge < -0.3 is 5.11 Å². The van der Waals surface area contributed by atoms with Gasteiger partial charge in [0.05, 0.1) is 5.69 Å². The fourth-order valence-corrected chi connectivity index (χ4v) is 2.59. The first-order valence-corrected chi connectivity index (χ1v) is 7.42. The highest BCUT2D eigenvalue weighted by Crippen LogP contribution is 2.26. The molecule has 0 atom stereocenters. The smallest absolute Gasteiger partial charge is 0.340 e. The number of hydrogen-bond acceptors (Lipinski definition) is 2. The first-order chi connectivity index (χ1) is 10.0. The van der Waals surface area contributed by atoms with Crippen LogP contribution in [0.25, 0.3) is 0 Å². The molecule has 21 heavy (non-hydrogen) atoms. The second kappa shape index (κ2) is 6.76. The normalized spacial score (nSPS) is 11.0. The van der Waals surface area contributed by atoms with Crippen molar-refractivity contribution in [3.8, 4) is 0 Å². The van der Waals surface area contributed by atoms with Gasteiger partial charge in [-0.15, -0.1) is 0 Å². The average Bonchev–Trinajstić information content (AvgIpc) is 2.78. The molecule has 5 heteroatoms. The summed E-state index contributed by atoms with van der Waals surface area (Å²) in [5, 5.41) is 13.9. The van der Waals surface area contributed by atoms with Crippen molar-refractivity contribution >= 4 is 17.6 Å². The number of rotatable bonds is 6. The lowest BCUT2D eigenvalue weighted by molar-refractivity contribution is 0.0695. The zero-order valence-electron chi connectivity index (χ0n) is 12.2. The van der Waals surface area contributed by atoms with Crippen molar-refractivity contribution in [3.05, 3.63) is 52.3 Å². The highest BCUT2D eigenvalue weighted by atomic mass is 35.5. The summed E-state index contributed by atoms with van der Waals surface area (Å²) in [4.78, 5) is 11.3. The molecule has 0 aliphatic carbocycles. The number of halogens is 1. The molecule has 1 heterocycles. The first kappa shape index (κ1) is 15.6. The number of nitrogens with zero attached hydrogens (tertiary/aromatic N) is 2. The van der Waals surface area contributed by atoms with Crippen LogP contribution in [0.1, 0.15) is 47.8 Å². The van der Waals surface area contributed by atoms with E-state index in [1.54, 1.807) is 4.68 Å². The van der Waals surface area contributed by atoms with E-state index in [-0.39, 0.29) is 16.6 Å². The molecule has 1 N–H and O–H groups in total. The Balaban J connectivity index is 2.10. The van der Waals surface area contributed by atoms with Crippen LogP contribution < -0.4 is 0 Å². The molecule has 0 aliphatic rings. The second-order valence-electron chi connectivity index (χ2n) is 5.32. The molecule has 1 aromatic heterocycles. The minimum atomic E-state index is -1.02. The van der Waals surface area contributed by atoms with Gasteiger partial charge in [-0.3, -0.25) is 4.68 Å². The van der Waals surface area contributed by atoms with Gasteiger partial charge in [-0.2, -0.15) is 5.10 Å². The lowest BCUT2D eigenvalue weighted by Gasteiger charge is -2.04. The highest BCUT2D eigenvalue weighted by molar-refractivity contribution is 6.32. The van der Waals surface area contributed by atoms with Gasteiger partial charge in [0.15, 0.2) is 0 Å². The Kier molecular flexibility index (Phi) is 5.02. The zero-order chi connectivity index (χ0) is 15.4. The van der Waals surface area contributed by atoms with E-state index in [1.807, 2.05) is 32.0 Å². The third kappa shape index (κ3) is 3.64. The van der Waals surface area contributed by atoms with Gasteiger partial charge in [0, 0.05) is 6.54 Å². The zero-order valence-corrected chi connectivity index (χ0v) is 13.0. The first-order valence-electron chi connectivity index (χ1n) is 7.04. The summed E-state index contributed by atoms with van der Waals surface area (Å²) >= 11 is 6.17. The Hall–Kier alpha value is -1.81. The maximum absolute atomic E-state index is 11.3. The number of aromatic nitrogens is 2. The highest BCUT2D eigenvalue weighted by Gasteiger charge is 2.23. The number of hydrogen-bond donors (Lipinski definition) is 1. The molecule has 2 aromatic rings. The third-order valence-corrected chi connectivity index (χ3v) is 3.74. The van der Waals surface area contributed by atoms with Crippen molar-refractivity contribution in [2.45, 2.75) is 39.2 Å². The van der Waals surface area contributed by atoms with Crippen LogP contribution in [0.5, 0.6) is 0 Å². The summed E-state index contributed by atoms with van der Waals surface area (Å²) in [6, 6.07) is 10.2. The molecule has 0 spiro atoms. The van der Waals surface area contributed by atoms with Gasteiger partial charge in [0.1, 0.15) is 10.7 Å². The summed E-state index contributed by atoms with van der Waals surface area (Å²) in [7, 11) is 0. The molecule has 0 saturated heterocycles. The quantitative estimate of drug-likeness (QED) is 0.878. The fraction of sp³-hybridized carbons (Fsp3) is 0.375. The molecular formula is C16H19ClN2O2. The van der Waals surface area contributed by atoms with Crippen LogP contribution in [0.15, 0.2) is 30.3 Å². The van der Waals surface area contributed by atoms with Crippen molar-refractivity contribution in [2.24, 2.45) is 0 Å². The predicted octanol–water partition coefficient (Wildman–Crippen LogP) is 3.99. The van der Waals surface area contributed by atoms with Crippen molar-refractivity contribution < 1.29 is 9.90 Å². The molecule has 0 fully saturated rings. The van der Waals surface area contributed by atoms with E-state index >= 15 is 0 Å². The number of carbonyl (C=O) groups is 1.